The molecular formula is C14H19ClN2O2. The summed E-state index contributed by atoms with van der Waals surface area (Å²) in [6.45, 7) is 4.46. The Labute approximate surface area is 118 Å². The van der Waals surface area contributed by atoms with E-state index in [1.807, 2.05) is 0 Å². The summed E-state index contributed by atoms with van der Waals surface area (Å²) in [6.07, 6.45) is 3.29. The summed E-state index contributed by atoms with van der Waals surface area (Å²) in [5, 5.41) is 14.8. The van der Waals surface area contributed by atoms with Crippen LogP contribution in [-0.2, 0) is 0 Å². The molecule has 0 aromatic heterocycles. The quantitative estimate of drug-likeness (QED) is 0.657. The summed E-state index contributed by atoms with van der Waals surface area (Å²) in [5.41, 5.74) is 0.513. The fraction of sp³-hybridized carbons (Fsp3) is 0.571. The first-order valence-electron chi connectivity index (χ1n) is 6.66. The van der Waals surface area contributed by atoms with Crippen LogP contribution in [0.1, 0.15) is 33.1 Å². The van der Waals surface area contributed by atoms with Crippen molar-refractivity contribution in [3.8, 4) is 0 Å². The van der Waals surface area contributed by atoms with Crippen molar-refractivity contribution in [3.05, 3.63) is 33.3 Å². The normalized spacial score (nSPS) is 27.0. The maximum atomic E-state index is 11.1. The Bertz CT molecular complexity index is 469. The second kappa shape index (κ2) is 5.78. The number of benzene rings is 1. The van der Waals surface area contributed by atoms with Gasteiger partial charge in [-0.1, -0.05) is 31.5 Å². The van der Waals surface area contributed by atoms with E-state index in [1.54, 1.807) is 12.1 Å². The zero-order valence-electron chi connectivity index (χ0n) is 11.2. The molecule has 0 saturated heterocycles. The van der Waals surface area contributed by atoms with Crippen molar-refractivity contribution in [2.24, 2.45) is 11.8 Å². The highest BCUT2D eigenvalue weighted by atomic mass is 35.5. The molecule has 19 heavy (non-hydrogen) atoms. The largest absolute Gasteiger partial charge is 0.376 e. The van der Waals surface area contributed by atoms with Crippen LogP contribution in [0.15, 0.2) is 18.2 Å². The van der Waals surface area contributed by atoms with E-state index in [2.05, 4.69) is 19.2 Å². The van der Waals surface area contributed by atoms with Gasteiger partial charge in [-0.05, 0) is 37.2 Å². The molecule has 1 aromatic rings. The summed E-state index contributed by atoms with van der Waals surface area (Å²) in [6, 6.07) is 5.05. The Morgan fingerprint density at radius 2 is 1.89 bits per heavy atom. The molecule has 2 rings (SSSR count). The summed E-state index contributed by atoms with van der Waals surface area (Å²) in [4.78, 5) is 10.7. The summed E-state index contributed by atoms with van der Waals surface area (Å²) < 4.78 is 0. The maximum absolute atomic E-state index is 11.1. The van der Waals surface area contributed by atoms with Crippen LogP contribution in [0.2, 0.25) is 5.02 Å². The molecule has 104 valence electrons. The van der Waals surface area contributed by atoms with Crippen molar-refractivity contribution in [1.82, 2.24) is 0 Å². The first-order valence-corrected chi connectivity index (χ1v) is 7.04. The molecule has 1 saturated carbocycles. The molecule has 4 nitrogen and oxygen atoms in total. The predicted octanol–water partition coefficient (Wildman–Crippen LogP) is 4.48. The highest BCUT2D eigenvalue weighted by Crippen LogP contribution is 2.36. The number of hydrogen-bond acceptors (Lipinski definition) is 3. The summed E-state index contributed by atoms with van der Waals surface area (Å²) in [5.74, 6) is 1.28. The summed E-state index contributed by atoms with van der Waals surface area (Å²) >= 11 is 6.10. The van der Waals surface area contributed by atoms with Crippen LogP contribution in [-0.4, -0.2) is 11.0 Å². The number of anilines is 1. The van der Waals surface area contributed by atoms with Gasteiger partial charge in [-0.25, -0.2) is 0 Å². The molecule has 0 aliphatic heterocycles. The number of nitro groups is 1. The smallest absolute Gasteiger partial charge is 0.293 e. The van der Waals surface area contributed by atoms with Gasteiger partial charge in [0.1, 0.15) is 5.69 Å². The van der Waals surface area contributed by atoms with Crippen molar-refractivity contribution < 1.29 is 4.92 Å². The van der Waals surface area contributed by atoms with E-state index < -0.39 is 0 Å². The third-order valence-electron chi connectivity index (χ3n) is 3.72. The maximum Gasteiger partial charge on any atom is 0.293 e. The van der Waals surface area contributed by atoms with Crippen molar-refractivity contribution in [3.63, 3.8) is 0 Å². The molecule has 2 atom stereocenters. The molecule has 0 bridgehead atoms. The monoisotopic (exact) mass is 282 g/mol. The molecule has 0 spiro atoms. The zero-order chi connectivity index (χ0) is 14.0. The fourth-order valence-electron chi connectivity index (χ4n) is 3.08. The predicted molar refractivity (Wildman–Crippen MR) is 77.7 cm³/mol. The average molecular weight is 283 g/mol. The van der Waals surface area contributed by atoms with E-state index >= 15 is 0 Å². The summed E-state index contributed by atoms with van der Waals surface area (Å²) in [7, 11) is 0. The molecule has 5 heteroatoms. The van der Waals surface area contributed by atoms with E-state index in [0.29, 0.717) is 22.5 Å². The molecule has 1 N–H and O–H groups in total. The van der Waals surface area contributed by atoms with Gasteiger partial charge in [-0.3, -0.25) is 10.1 Å². The molecule has 0 heterocycles. The van der Waals surface area contributed by atoms with Gasteiger partial charge in [0.25, 0.3) is 5.69 Å². The third kappa shape index (κ3) is 3.38. The van der Waals surface area contributed by atoms with Gasteiger partial charge in [0.15, 0.2) is 0 Å². The van der Waals surface area contributed by atoms with E-state index in [9.17, 15) is 10.1 Å². The minimum atomic E-state index is -0.385. The van der Waals surface area contributed by atoms with Crippen molar-refractivity contribution in [1.29, 1.82) is 0 Å². The molecular weight excluding hydrogens is 264 g/mol. The minimum Gasteiger partial charge on any atom is -0.376 e. The van der Waals surface area contributed by atoms with Gasteiger partial charge in [0.2, 0.25) is 0 Å². The lowest BCUT2D eigenvalue weighted by molar-refractivity contribution is -0.384. The Balaban J connectivity index is 2.21. The average Bonchev–Trinajstić information content (AvgIpc) is 2.30. The van der Waals surface area contributed by atoms with Crippen LogP contribution in [0.5, 0.6) is 0 Å². The fourth-order valence-corrected chi connectivity index (χ4v) is 3.30. The van der Waals surface area contributed by atoms with Gasteiger partial charge >= 0.3 is 0 Å². The number of nitrogens with one attached hydrogen (secondary N) is 1. The molecule has 0 amide bonds. The standard InChI is InChI=1S/C14H19ClN2O2/c1-9-6-10(2)8-11(7-9)16-14-12(15)4-3-5-13(14)17(18)19/h3-5,9-11,16H,6-8H2,1-2H3. The lowest BCUT2D eigenvalue weighted by Gasteiger charge is -2.32. The first kappa shape index (κ1) is 14.1. The van der Waals surface area contributed by atoms with Crippen LogP contribution < -0.4 is 5.32 Å². The molecule has 0 radical (unpaired) electrons. The Hall–Kier alpha value is -1.29. The Morgan fingerprint density at radius 1 is 1.26 bits per heavy atom. The number of rotatable bonds is 3. The zero-order valence-corrected chi connectivity index (χ0v) is 12.0. The van der Waals surface area contributed by atoms with Gasteiger partial charge < -0.3 is 5.32 Å². The van der Waals surface area contributed by atoms with Gasteiger partial charge in [0, 0.05) is 12.1 Å². The number of nitrogens with zero attached hydrogens (tertiary/aromatic N) is 1. The van der Waals surface area contributed by atoms with Gasteiger partial charge in [-0.15, -0.1) is 0 Å². The highest BCUT2D eigenvalue weighted by Gasteiger charge is 2.26. The number of halogens is 1. The molecule has 1 aromatic carbocycles. The topological polar surface area (TPSA) is 55.2 Å². The van der Waals surface area contributed by atoms with Crippen molar-refractivity contribution in [2.45, 2.75) is 39.2 Å². The lowest BCUT2D eigenvalue weighted by atomic mass is 9.80. The van der Waals surface area contributed by atoms with Crippen LogP contribution in [0.4, 0.5) is 11.4 Å². The van der Waals surface area contributed by atoms with Gasteiger partial charge in [0.05, 0.1) is 9.95 Å². The van der Waals surface area contributed by atoms with Crippen molar-refractivity contribution >= 4 is 23.0 Å². The van der Waals surface area contributed by atoms with Crippen molar-refractivity contribution in [2.75, 3.05) is 5.32 Å². The van der Waals surface area contributed by atoms with Gasteiger partial charge in [-0.2, -0.15) is 0 Å². The SMILES string of the molecule is CC1CC(C)CC(Nc2c(Cl)cccc2[N+](=O)[O-])C1. The van der Waals surface area contributed by atoms with E-state index in [-0.39, 0.29) is 16.7 Å². The van der Waals surface area contributed by atoms with Crippen LogP contribution in [0.25, 0.3) is 0 Å². The number of para-hydroxylation sites is 1. The van der Waals surface area contributed by atoms with E-state index in [1.165, 1.54) is 12.5 Å². The molecule has 2 unspecified atom stereocenters. The first-order chi connectivity index (χ1) is 8.97. The second-order valence-electron chi connectivity index (χ2n) is 5.65. The Morgan fingerprint density at radius 3 is 2.47 bits per heavy atom. The number of nitro benzene ring substituents is 1. The molecule has 1 fully saturated rings. The minimum absolute atomic E-state index is 0.0541. The molecule has 1 aliphatic carbocycles. The number of hydrogen-bond donors (Lipinski definition) is 1. The van der Waals surface area contributed by atoms with Crippen LogP contribution in [0, 0.1) is 22.0 Å². The Kier molecular flexibility index (Phi) is 4.30. The second-order valence-corrected chi connectivity index (χ2v) is 6.06. The lowest BCUT2D eigenvalue weighted by Crippen LogP contribution is -2.30. The van der Waals surface area contributed by atoms with Crippen LogP contribution in [0.3, 0.4) is 0 Å². The molecule has 1 aliphatic rings. The third-order valence-corrected chi connectivity index (χ3v) is 4.03. The van der Waals surface area contributed by atoms with E-state index in [0.717, 1.165) is 12.8 Å². The van der Waals surface area contributed by atoms with E-state index in [4.69, 9.17) is 11.6 Å². The highest BCUT2D eigenvalue weighted by molar-refractivity contribution is 6.33. The van der Waals surface area contributed by atoms with Crippen LogP contribution >= 0.6 is 11.6 Å².